The van der Waals surface area contributed by atoms with Gasteiger partial charge >= 0.3 is 6.18 Å². The summed E-state index contributed by atoms with van der Waals surface area (Å²) >= 11 is 0. The minimum absolute atomic E-state index is 0.228. The number of primary amides is 1. The second-order valence-electron chi connectivity index (χ2n) is 5.82. The van der Waals surface area contributed by atoms with Gasteiger partial charge in [0.1, 0.15) is 11.5 Å². The lowest BCUT2D eigenvalue weighted by atomic mass is 10.1. The van der Waals surface area contributed by atoms with Crippen molar-refractivity contribution >= 4 is 28.3 Å². The van der Waals surface area contributed by atoms with E-state index in [0.717, 1.165) is 12.1 Å². The molecule has 6 N–H and O–H groups in total. The second-order valence-corrected chi connectivity index (χ2v) is 5.82. The number of carbonyl (C=O) groups excluding carboxylic acids is 1. The number of halogens is 3. The van der Waals surface area contributed by atoms with E-state index >= 15 is 0 Å². The summed E-state index contributed by atoms with van der Waals surface area (Å²) in [4.78, 5) is 11.5. The molecule has 0 fully saturated rings. The van der Waals surface area contributed by atoms with Crippen LogP contribution in [0.4, 0.5) is 24.7 Å². The first-order valence-corrected chi connectivity index (χ1v) is 7.51. The Balaban J connectivity index is 2.26. The zero-order valence-corrected chi connectivity index (χ0v) is 13.7. The fraction of sp³-hybridized carbons (Fsp3) is 0.118. The van der Waals surface area contributed by atoms with Gasteiger partial charge in [0.2, 0.25) is 5.91 Å². The number of hydrogen-bond acceptors (Lipinski definition) is 4. The van der Waals surface area contributed by atoms with Crippen molar-refractivity contribution in [3.05, 3.63) is 53.6 Å². The third kappa shape index (κ3) is 2.82. The summed E-state index contributed by atoms with van der Waals surface area (Å²) in [6.45, 7) is 0. The van der Waals surface area contributed by atoms with E-state index in [1.54, 1.807) is 23.7 Å². The van der Waals surface area contributed by atoms with Crippen LogP contribution in [-0.4, -0.2) is 17.5 Å². The van der Waals surface area contributed by atoms with Crippen LogP contribution in [0.1, 0.15) is 15.9 Å². The smallest absolute Gasteiger partial charge is 0.383 e. The van der Waals surface area contributed by atoms with Crippen molar-refractivity contribution in [2.45, 2.75) is 6.18 Å². The molecule has 0 spiro atoms. The highest BCUT2D eigenvalue weighted by atomic mass is 19.4. The molecule has 3 rings (SSSR count). The Morgan fingerprint density at radius 2 is 1.73 bits per heavy atom. The molecule has 136 valence electrons. The molecule has 1 aromatic heterocycles. The normalized spacial score (nSPS) is 11.7. The van der Waals surface area contributed by atoms with Gasteiger partial charge in [-0.25, -0.2) is 5.84 Å². The van der Waals surface area contributed by atoms with Gasteiger partial charge in [-0.1, -0.05) is 0 Å². The molecule has 0 unspecified atom stereocenters. The predicted molar refractivity (Wildman–Crippen MR) is 93.8 cm³/mol. The molecule has 0 bridgehead atoms. The fourth-order valence-corrected chi connectivity index (χ4v) is 2.90. The molecule has 0 aliphatic heterocycles. The molecule has 1 amide bonds. The van der Waals surface area contributed by atoms with E-state index in [0.29, 0.717) is 22.3 Å². The second kappa shape index (κ2) is 5.95. The van der Waals surface area contributed by atoms with Crippen molar-refractivity contribution in [3.8, 4) is 5.69 Å². The van der Waals surface area contributed by atoms with E-state index in [2.05, 4.69) is 0 Å². The van der Waals surface area contributed by atoms with Gasteiger partial charge in [0, 0.05) is 23.7 Å². The predicted octanol–water partition coefficient (Wildman–Crippen LogP) is 2.64. The highest BCUT2D eigenvalue weighted by molar-refractivity contribution is 6.05. The van der Waals surface area contributed by atoms with Crippen LogP contribution in [0.15, 0.2) is 42.5 Å². The van der Waals surface area contributed by atoms with Gasteiger partial charge in [0.15, 0.2) is 0 Å². The van der Waals surface area contributed by atoms with E-state index in [1.165, 1.54) is 23.2 Å². The Kier molecular flexibility index (Phi) is 4.03. The van der Waals surface area contributed by atoms with Crippen molar-refractivity contribution in [2.24, 2.45) is 11.6 Å². The standard InChI is InChI=1S/C17H16F3N5O/c1-24(23)14-12-8-9(16(22)26)2-7-13(12)25(15(14)21)11-5-3-10(4-6-11)17(18,19)20/h2-8H,21,23H2,1H3,(H2,22,26). The number of nitrogen functional groups attached to an aromatic ring is 1. The van der Waals surface area contributed by atoms with Crippen molar-refractivity contribution in [1.29, 1.82) is 0 Å². The fourth-order valence-electron chi connectivity index (χ4n) is 2.90. The van der Waals surface area contributed by atoms with Crippen LogP contribution < -0.4 is 22.3 Å². The van der Waals surface area contributed by atoms with Gasteiger partial charge in [0.25, 0.3) is 0 Å². The van der Waals surface area contributed by atoms with Crippen LogP contribution in [0.3, 0.4) is 0 Å². The number of hydrogen-bond donors (Lipinski definition) is 3. The lowest BCUT2D eigenvalue weighted by Crippen LogP contribution is -2.26. The number of carbonyl (C=O) groups is 1. The summed E-state index contributed by atoms with van der Waals surface area (Å²) in [5.74, 6) is 5.47. The van der Waals surface area contributed by atoms with Gasteiger partial charge in [0.05, 0.1) is 11.1 Å². The Morgan fingerprint density at radius 3 is 2.23 bits per heavy atom. The number of alkyl halides is 3. The number of nitrogens with two attached hydrogens (primary N) is 3. The number of rotatable bonds is 3. The van der Waals surface area contributed by atoms with E-state index in [9.17, 15) is 18.0 Å². The van der Waals surface area contributed by atoms with Crippen LogP contribution in [0.2, 0.25) is 0 Å². The quantitative estimate of drug-likeness (QED) is 0.492. The minimum atomic E-state index is -4.43. The largest absolute Gasteiger partial charge is 0.416 e. The van der Waals surface area contributed by atoms with Crippen molar-refractivity contribution in [2.75, 3.05) is 17.8 Å². The number of anilines is 2. The molecule has 26 heavy (non-hydrogen) atoms. The monoisotopic (exact) mass is 363 g/mol. The Bertz CT molecular complexity index is 990. The van der Waals surface area contributed by atoms with Crippen molar-refractivity contribution in [3.63, 3.8) is 0 Å². The first-order chi connectivity index (χ1) is 12.1. The molecule has 0 saturated carbocycles. The lowest BCUT2D eigenvalue weighted by Gasteiger charge is -2.13. The summed E-state index contributed by atoms with van der Waals surface area (Å²) in [5.41, 5.74) is 12.5. The van der Waals surface area contributed by atoms with Gasteiger partial charge in [-0.05, 0) is 42.5 Å². The van der Waals surface area contributed by atoms with Crippen LogP contribution in [0, 0.1) is 0 Å². The minimum Gasteiger partial charge on any atom is -0.383 e. The molecule has 0 aliphatic rings. The molecule has 0 saturated heterocycles. The van der Waals surface area contributed by atoms with E-state index in [1.807, 2.05) is 0 Å². The molecule has 0 radical (unpaired) electrons. The molecular weight excluding hydrogens is 347 g/mol. The zero-order chi connectivity index (χ0) is 19.2. The summed E-state index contributed by atoms with van der Waals surface area (Å²) in [5, 5.41) is 1.84. The topological polar surface area (TPSA) is 103 Å². The lowest BCUT2D eigenvalue weighted by molar-refractivity contribution is -0.137. The van der Waals surface area contributed by atoms with Gasteiger partial charge in [-0.15, -0.1) is 0 Å². The Hall–Kier alpha value is -3.20. The van der Waals surface area contributed by atoms with Gasteiger partial charge < -0.3 is 16.5 Å². The third-order valence-corrected chi connectivity index (χ3v) is 4.07. The van der Waals surface area contributed by atoms with Crippen LogP contribution in [0.5, 0.6) is 0 Å². The maximum Gasteiger partial charge on any atom is 0.416 e. The van der Waals surface area contributed by atoms with Crippen molar-refractivity contribution < 1.29 is 18.0 Å². The molecule has 3 aromatic rings. The number of nitrogens with zero attached hydrogens (tertiary/aromatic N) is 2. The first-order valence-electron chi connectivity index (χ1n) is 7.51. The number of amides is 1. The molecular formula is C17H16F3N5O. The first kappa shape index (κ1) is 17.6. The number of fused-ring (bicyclic) bond motifs is 1. The van der Waals surface area contributed by atoms with Crippen LogP contribution >= 0.6 is 0 Å². The molecule has 0 aliphatic carbocycles. The Labute approximate surface area is 146 Å². The molecule has 6 nitrogen and oxygen atoms in total. The third-order valence-electron chi connectivity index (χ3n) is 4.07. The SMILES string of the molecule is CN(N)c1c(N)n(-c2ccc(C(F)(F)F)cc2)c2ccc(C(N)=O)cc12. The van der Waals surface area contributed by atoms with Crippen LogP contribution in [-0.2, 0) is 6.18 Å². The summed E-state index contributed by atoms with van der Waals surface area (Å²) < 4.78 is 39.9. The van der Waals surface area contributed by atoms with E-state index < -0.39 is 17.6 Å². The molecule has 0 atom stereocenters. The maximum absolute atomic E-state index is 12.8. The Morgan fingerprint density at radius 1 is 1.12 bits per heavy atom. The maximum atomic E-state index is 12.8. The average molecular weight is 363 g/mol. The zero-order valence-electron chi connectivity index (χ0n) is 13.7. The highest BCUT2D eigenvalue weighted by Crippen LogP contribution is 2.38. The summed E-state index contributed by atoms with van der Waals surface area (Å²) in [6, 6.07) is 9.28. The number of hydrazine groups is 1. The summed E-state index contributed by atoms with van der Waals surface area (Å²) in [7, 11) is 1.57. The van der Waals surface area contributed by atoms with Crippen LogP contribution in [0.25, 0.3) is 16.6 Å². The molecule has 9 heteroatoms. The number of benzene rings is 2. The number of aromatic nitrogens is 1. The summed E-state index contributed by atoms with van der Waals surface area (Å²) in [6.07, 6.45) is -4.43. The molecule has 1 heterocycles. The van der Waals surface area contributed by atoms with E-state index in [4.69, 9.17) is 17.3 Å². The van der Waals surface area contributed by atoms with Crippen molar-refractivity contribution in [1.82, 2.24) is 4.57 Å². The average Bonchev–Trinajstić information content (AvgIpc) is 2.85. The molecule has 2 aromatic carbocycles. The highest BCUT2D eigenvalue weighted by Gasteiger charge is 2.30. The van der Waals surface area contributed by atoms with Gasteiger partial charge in [-0.2, -0.15) is 13.2 Å². The van der Waals surface area contributed by atoms with E-state index in [-0.39, 0.29) is 11.4 Å². The van der Waals surface area contributed by atoms with Gasteiger partial charge in [-0.3, -0.25) is 9.36 Å².